The van der Waals surface area contributed by atoms with Crippen LogP contribution in [0.15, 0.2) is 48.7 Å². The van der Waals surface area contributed by atoms with Gasteiger partial charge in [0, 0.05) is 43.3 Å². The number of piperidine rings is 1. The third-order valence-electron chi connectivity index (χ3n) is 7.77. The van der Waals surface area contributed by atoms with Crippen LogP contribution in [0.5, 0.6) is 11.5 Å². The smallest absolute Gasteiger partial charge is 0.253 e. The molecule has 1 aromatic heterocycles. The Labute approximate surface area is 218 Å². The zero-order valence-corrected chi connectivity index (χ0v) is 22.1. The van der Waals surface area contributed by atoms with Crippen molar-refractivity contribution < 1.29 is 18.7 Å². The molecular weight excluding hydrogens is 469 g/mol. The van der Waals surface area contributed by atoms with E-state index in [-0.39, 0.29) is 17.8 Å². The second kappa shape index (κ2) is 11.1. The molecule has 2 atom stereocenters. The molecule has 0 saturated carbocycles. The van der Waals surface area contributed by atoms with E-state index < -0.39 is 0 Å². The first-order valence-electron chi connectivity index (χ1n) is 13.5. The lowest BCUT2D eigenvalue weighted by molar-refractivity contribution is 0.0481. The van der Waals surface area contributed by atoms with Crippen molar-refractivity contribution >= 4 is 16.8 Å². The summed E-state index contributed by atoms with van der Waals surface area (Å²) >= 11 is 0. The Morgan fingerprint density at radius 1 is 1.08 bits per heavy atom. The molecule has 2 unspecified atom stereocenters. The lowest BCUT2D eigenvalue weighted by Gasteiger charge is -2.39. The van der Waals surface area contributed by atoms with Gasteiger partial charge < -0.3 is 19.4 Å². The van der Waals surface area contributed by atoms with Crippen molar-refractivity contribution in [2.45, 2.75) is 70.7 Å². The van der Waals surface area contributed by atoms with Crippen molar-refractivity contribution in [3.8, 4) is 11.5 Å². The number of aromatic nitrogens is 1. The van der Waals surface area contributed by atoms with Crippen LogP contribution in [-0.4, -0.2) is 53.8 Å². The summed E-state index contributed by atoms with van der Waals surface area (Å²) < 4.78 is 27.3. The molecule has 6 nitrogen and oxygen atoms in total. The molecule has 2 aliphatic rings. The Morgan fingerprint density at radius 2 is 1.81 bits per heavy atom. The fourth-order valence-corrected chi connectivity index (χ4v) is 6.05. The van der Waals surface area contributed by atoms with Crippen molar-refractivity contribution in [1.82, 2.24) is 14.8 Å². The Balaban J connectivity index is 1.23. The van der Waals surface area contributed by atoms with Crippen LogP contribution in [0.1, 0.15) is 56.3 Å². The van der Waals surface area contributed by atoms with Crippen LogP contribution < -0.4 is 14.8 Å². The highest BCUT2D eigenvalue weighted by Crippen LogP contribution is 2.37. The molecule has 0 aliphatic carbocycles. The molecule has 2 aromatic carbocycles. The van der Waals surface area contributed by atoms with E-state index >= 15 is 0 Å². The molecule has 3 heterocycles. The number of ether oxygens (including phenoxy) is 2. The fourth-order valence-electron chi connectivity index (χ4n) is 6.05. The summed E-state index contributed by atoms with van der Waals surface area (Å²) in [5.74, 6) is 1.67. The van der Waals surface area contributed by atoms with Gasteiger partial charge in [0.25, 0.3) is 5.91 Å². The van der Waals surface area contributed by atoms with Gasteiger partial charge in [0.05, 0.1) is 18.2 Å². The van der Waals surface area contributed by atoms with E-state index in [0.29, 0.717) is 30.1 Å². The number of rotatable bonds is 10. The number of amides is 1. The topological polar surface area (TPSA) is 55.7 Å². The van der Waals surface area contributed by atoms with Crippen molar-refractivity contribution in [2.75, 3.05) is 20.2 Å². The highest BCUT2D eigenvalue weighted by Gasteiger charge is 2.41. The van der Waals surface area contributed by atoms with Crippen LogP contribution in [0, 0.1) is 11.7 Å². The van der Waals surface area contributed by atoms with Gasteiger partial charge in [0.15, 0.2) is 0 Å². The number of methoxy groups -OCH3 is 1. The van der Waals surface area contributed by atoms with Gasteiger partial charge in [-0.1, -0.05) is 26.0 Å². The number of benzene rings is 2. The first-order chi connectivity index (χ1) is 17.9. The maximum Gasteiger partial charge on any atom is 0.253 e. The summed E-state index contributed by atoms with van der Waals surface area (Å²) in [4.78, 5) is 15.6. The van der Waals surface area contributed by atoms with Gasteiger partial charge in [-0.05, 0) is 68.4 Å². The number of nitrogens with zero attached hydrogens (tertiary/aromatic N) is 2. The van der Waals surface area contributed by atoms with Crippen LogP contribution in [-0.2, 0) is 6.54 Å². The average molecular weight is 508 g/mol. The minimum atomic E-state index is -0.237. The fraction of sp³-hybridized carbons (Fsp3) is 0.500. The Morgan fingerprint density at radius 3 is 2.49 bits per heavy atom. The molecule has 7 heteroatoms. The molecule has 2 bridgehead atoms. The highest BCUT2D eigenvalue weighted by molar-refractivity contribution is 6.08. The number of carbonyl (C=O) groups excluding carboxylic acids is 1. The largest absolute Gasteiger partial charge is 0.495 e. The molecule has 37 heavy (non-hydrogen) atoms. The monoisotopic (exact) mass is 507 g/mol. The summed E-state index contributed by atoms with van der Waals surface area (Å²) in [5, 5.41) is 3.99. The second-order valence-electron chi connectivity index (χ2n) is 10.8. The Bertz CT molecular complexity index is 1210. The lowest BCUT2D eigenvalue weighted by Crippen LogP contribution is -2.46. The first-order valence-corrected chi connectivity index (χ1v) is 13.5. The van der Waals surface area contributed by atoms with Gasteiger partial charge in [-0.25, -0.2) is 4.39 Å². The third kappa shape index (κ3) is 5.61. The molecule has 2 fully saturated rings. The summed E-state index contributed by atoms with van der Waals surface area (Å²) in [6.07, 6.45) is 7.58. The van der Waals surface area contributed by atoms with Crippen LogP contribution in [0.4, 0.5) is 4.39 Å². The summed E-state index contributed by atoms with van der Waals surface area (Å²) in [7, 11) is 1.68. The van der Waals surface area contributed by atoms with Gasteiger partial charge >= 0.3 is 0 Å². The van der Waals surface area contributed by atoms with Crippen molar-refractivity contribution in [2.24, 2.45) is 5.92 Å². The number of hydrogen-bond acceptors (Lipinski definition) is 4. The standard InChI is InChI=1S/C30H38FN3O3/c1-20(2)18-32-30(35)27-19-33(29-26(27)6-4-7-28(29)36-3)14-5-15-34-22-10-11-23(34)17-25(16-22)37-24-12-8-21(31)9-13-24/h4,6-9,12-13,19-20,22-23,25H,5,10-11,14-18H2,1-3H3,(H,32,35). The number of fused-ring (bicyclic) bond motifs is 3. The lowest BCUT2D eigenvalue weighted by atomic mass is 9.99. The zero-order chi connectivity index (χ0) is 25.9. The van der Waals surface area contributed by atoms with E-state index in [0.717, 1.165) is 54.8 Å². The quantitative estimate of drug-likeness (QED) is 0.386. The van der Waals surface area contributed by atoms with Crippen molar-refractivity contribution in [1.29, 1.82) is 0 Å². The van der Waals surface area contributed by atoms with E-state index in [4.69, 9.17) is 9.47 Å². The van der Waals surface area contributed by atoms with E-state index in [1.165, 1.54) is 25.0 Å². The van der Waals surface area contributed by atoms with E-state index in [1.807, 2.05) is 24.4 Å². The highest BCUT2D eigenvalue weighted by atomic mass is 19.1. The van der Waals surface area contributed by atoms with Crippen LogP contribution >= 0.6 is 0 Å². The van der Waals surface area contributed by atoms with Crippen molar-refractivity contribution in [3.05, 3.63) is 60.0 Å². The van der Waals surface area contributed by atoms with Gasteiger partial charge in [-0.2, -0.15) is 0 Å². The van der Waals surface area contributed by atoms with E-state index in [2.05, 4.69) is 28.6 Å². The molecular formula is C30H38FN3O3. The Kier molecular flexibility index (Phi) is 7.70. The summed E-state index contributed by atoms with van der Waals surface area (Å²) in [5.41, 5.74) is 1.68. The van der Waals surface area contributed by atoms with Gasteiger partial charge in [-0.3, -0.25) is 9.69 Å². The predicted octanol–water partition coefficient (Wildman–Crippen LogP) is 5.64. The molecule has 1 amide bonds. The summed E-state index contributed by atoms with van der Waals surface area (Å²) in [6, 6.07) is 13.3. The molecule has 0 radical (unpaired) electrons. The van der Waals surface area contributed by atoms with Gasteiger partial charge in [-0.15, -0.1) is 0 Å². The number of nitrogens with one attached hydrogen (secondary N) is 1. The van der Waals surface area contributed by atoms with Gasteiger partial charge in [0.1, 0.15) is 23.4 Å². The SMILES string of the molecule is COc1cccc2c(C(=O)NCC(C)C)cn(CCCN3C4CCC3CC(Oc3ccc(F)cc3)C4)c12. The molecule has 5 rings (SSSR count). The maximum absolute atomic E-state index is 13.2. The Hall–Kier alpha value is -3.06. The predicted molar refractivity (Wildman–Crippen MR) is 144 cm³/mol. The number of para-hydroxylation sites is 1. The summed E-state index contributed by atoms with van der Waals surface area (Å²) in [6.45, 7) is 6.68. The third-order valence-corrected chi connectivity index (χ3v) is 7.77. The van der Waals surface area contributed by atoms with Crippen molar-refractivity contribution in [3.63, 3.8) is 0 Å². The zero-order valence-electron chi connectivity index (χ0n) is 22.1. The molecule has 0 spiro atoms. The molecule has 3 aromatic rings. The number of aryl methyl sites for hydroxylation is 1. The molecule has 2 aliphatic heterocycles. The maximum atomic E-state index is 13.2. The second-order valence-corrected chi connectivity index (χ2v) is 10.8. The minimum absolute atomic E-state index is 0.0352. The average Bonchev–Trinajstić information content (AvgIpc) is 3.37. The molecule has 1 N–H and O–H groups in total. The molecule has 198 valence electrons. The van der Waals surface area contributed by atoms with E-state index in [1.54, 1.807) is 19.2 Å². The number of hydrogen-bond donors (Lipinski definition) is 1. The molecule has 2 saturated heterocycles. The first kappa shape index (κ1) is 25.6. The number of halogens is 1. The van der Waals surface area contributed by atoms with Crippen LogP contribution in [0.2, 0.25) is 0 Å². The van der Waals surface area contributed by atoms with E-state index in [9.17, 15) is 9.18 Å². The van der Waals surface area contributed by atoms with Crippen LogP contribution in [0.25, 0.3) is 10.9 Å². The number of carbonyl (C=O) groups is 1. The normalized spacial score (nSPS) is 21.5. The van der Waals surface area contributed by atoms with Crippen LogP contribution in [0.3, 0.4) is 0 Å². The minimum Gasteiger partial charge on any atom is -0.495 e. The van der Waals surface area contributed by atoms with Gasteiger partial charge in [0.2, 0.25) is 0 Å².